The minimum Gasteiger partial charge on any atom is -0.469 e. The Bertz CT molecular complexity index is 518. The highest BCUT2D eigenvalue weighted by Crippen LogP contribution is 2.39. The average molecular weight is 371 g/mol. The minimum absolute atomic E-state index is 0.0794. The molecule has 0 heterocycles. The second kappa shape index (κ2) is 9.01. The summed E-state index contributed by atoms with van der Waals surface area (Å²) < 4.78 is 10.9. The van der Waals surface area contributed by atoms with Crippen LogP contribution in [-0.4, -0.2) is 39.0 Å². The maximum Gasteiger partial charge on any atom is 0.305 e. The Morgan fingerprint density at radius 1 is 1.38 bits per heavy atom. The molecule has 6 heteroatoms. The number of Topliss-reactive ketones (excluding diaryl/α,β-unsaturated/α-hetero) is 1. The van der Waals surface area contributed by atoms with E-state index in [0.717, 1.165) is 10.7 Å². The summed E-state index contributed by atoms with van der Waals surface area (Å²) in [5.74, 6) is 0.698. The number of esters is 1. The van der Waals surface area contributed by atoms with E-state index in [9.17, 15) is 9.59 Å². The lowest BCUT2D eigenvalue weighted by Crippen LogP contribution is -2.43. The quantitative estimate of drug-likeness (QED) is 0.358. The molecule has 1 unspecified atom stereocenters. The molecule has 1 aliphatic rings. The molecule has 0 saturated carbocycles. The standard InChI is InChI=1S/C18H30O4SSi/c1-18(2,3)24(5,6)22-14-12-15(19)16(13-14)23-11-9-7-8-10-17(20)21-4/h7,9,13-14H,8,10-12H2,1-6H3. The van der Waals surface area contributed by atoms with E-state index in [-0.39, 0.29) is 22.9 Å². The first-order chi connectivity index (χ1) is 11.1. The molecule has 0 saturated heterocycles. The van der Waals surface area contributed by atoms with Gasteiger partial charge >= 0.3 is 5.97 Å². The van der Waals surface area contributed by atoms with Crippen LogP contribution in [0.5, 0.6) is 0 Å². The van der Waals surface area contributed by atoms with Crippen LogP contribution in [0.15, 0.2) is 23.1 Å². The fourth-order valence-electron chi connectivity index (χ4n) is 1.99. The third-order valence-corrected chi connectivity index (χ3v) is 10.0. The van der Waals surface area contributed by atoms with Crippen molar-refractivity contribution in [1.29, 1.82) is 0 Å². The summed E-state index contributed by atoms with van der Waals surface area (Å²) in [6.07, 6.45) is 7.36. The van der Waals surface area contributed by atoms with Gasteiger partial charge in [-0.15, -0.1) is 11.8 Å². The number of ether oxygens (including phenoxy) is 1. The molecule has 0 N–H and O–H groups in total. The maximum atomic E-state index is 12.1. The van der Waals surface area contributed by atoms with Gasteiger partial charge in [-0.1, -0.05) is 32.9 Å². The molecule has 4 nitrogen and oxygen atoms in total. The van der Waals surface area contributed by atoms with E-state index in [2.05, 4.69) is 38.6 Å². The van der Waals surface area contributed by atoms with Crippen molar-refractivity contribution in [3.8, 4) is 0 Å². The SMILES string of the molecule is COC(=O)CCC=CCSC1=CC(O[Si](C)(C)C(C)(C)C)CC1=O. The number of carbonyl (C=O) groups is 2. The Labute approximate surface area is 151 Å². The highest BCUT2D eigenvalue weighted by atomic mass is 32.2. The van der Waals surface area contributed by atoms with Crippen molar-refractivity contribution >= 4 is 31.8 Å². The van der Waals surface area contributed by atoms with Gasteiger partial charge in [0.05, 0.1) is 13.2 Å². The average Bonchev–Trinajstić information content (AvgIpc) is 2.80. The Morgan fingerprint density at radius 2 is 2.04 bits per heavy atom. The summed E-state index contributed by atoms with van der Waals surface area (Å²) in [4.78, 5) is 23.9. The fourth-order valence-corrected chi connectivity index (χ4v) is 4.16. The maximum absolute atomic E-state index is 12.1. The molecule has 0 radical (unpaired) electrons. The normalized spacial score (nSPS) is 19.0. The molecule has 0 aromatic carbocycles. The molecule has 1 atom stereocenters. The smallest absolute Gasteiger partial charge is 0.305 e. The van der Waals surface area contributed by atoms with E-state index in [0.29, 0.717) is 19.3 Å². The molecule has 0 amide bonds. The number of carbonyl (C=O) groups excluding carboxylic acids is 2. The van der Waals surface area contributed by atoms with Crippen LogP contribution in [0.4, 0.5) is 0 Å². The topological polar surface area (TPSA) is 52.6 Å². The monoisotopic (exact) mass is 370 g/mol. The van der Waals surface area contributed by atoms with Crippen LogP contribution in [0.1, 0.15) is 40.0 Å². The van der Waals surface area contributed by atoms with E-state index in [1.807, 2.05) is 18.2 Å². The molecule has 0 fully saturated rings. The molecule has 1 rings (SSSR count). The Balaban J connectivity index is 2.45. The molecule has 136 valence electrons. The summed E-state index contributed by atoms with van der Waals surface area (Å²) in [6.45, 7) is 11.0. The minimum atomic E-state index is -1.86. The van der Waals surface area contributed by atoms with Gasteiger partial charge in [0, 0.05) is 23.5 Å². The summed E-state index contributed by atoms with van der Waals surface area (Å²) in [5.41, 5.74) is 0. The zero-order valence-corrected chi connectivity index (χ0v) is 17.5. The van der Waals surface area contributed by atoms with Crippen LogP contribution in [-0.2, 0) is 18.8 Å². The summed E-state index contributed by atoms with van der Waals surface area (Å²) in [7, 11) is -0.465. The van der Waals surface area contributed by atoms with Gasteiger partial charge in [-0.05, 0) is 30.6 Å². The van der Waals surface area contributed by atoms with Gasteiger partial charge in [0.25, 0.3) is 0 Å². The second-order valence-corrected chi connectivity index (χ2v) is 13.3. The fraction of sp³-hybridized carbons (Fsp3) is 0.667. The highest BCUT2D eigenvalue weighted by molar-refractivity contribution is 8.04. The van der Waals surface area contributed by atoms with E-state index in [4.69, 9.17) is 4.43 Å². The number of hydrogen-bond donors (Lipinski definition) is 0. The van der Waals surface area contributed by atoms with Crippen molar-refractivity contribution in [2.75, 3.05) is 12.9 Å². The third kappa shape index (κ3) is 6.57. The van der Waals surface area contributed by atoms with Crippen molar-refractivity contribution in [3.63, 3.8) is 0 Å². The molecule has 1 aliphatic carbocycles. The van der Waals surface area contributed by atoms with E-state index >= 15 is 0 Å². The van der Waals surface area contributed by atoms with Crippen molar-refractivity contribution < 1.29 is 18.8 Å². The Hall–Kier alpha value is -0.853. The van der Waals surface area contributed by atoms with Crippen LogP contribution in [0, 0.1) is 0 Å². The van der Waals surface area contributed by atoms with Crippen molar-refractivity contribution in [2.24, 2.45) is 0 Å². The summed E-state index contributed by atoms with van der Waals surface area (Å²) in [5, 5.41) is 0.141. The molecule has 0 aromatic rings. The number of methoxy groups -OCH3 is 1. The third-order valence-electron chi connectivity index (χ3n) is 4.50. The largest absolute Gasteiger partial charge is 0.469 e. The van der Waals surface area contributed by atoms with Crippen molar-refractivity contribution in [3.05, 3.63) is 23.1 Å². The summed E-state index contributed by atoms with van der Waals surface area (Å²) >= 11 is 1.54. The first-order valence-corrected chi connectivity index (χ1v) is 12.2. The lowest BCUT2D eigenvalue weighted by molar-refractivity contribution is -0.140. The van der Waals surface area contributed by atoms with E-state index < -0.39 is 8.32 Å². The van der Waals surface area contributed by atoms with Crippen molar-refractivity contribution in [1.82, 2.24) is 0 Å². The highest BCUT2D eigenvalue weighted by Gasteiger charge is 2.40. The lowest BCUT2D eigenvalue weighted by atomic mass is 10.2. The Kier molecular flexibility index (Phi) is 7.96. The molecular weight excluding hydrogens is 340 g/mol. The predicted molar refractivity (Wildman–Crippen MR) is 103 cm³/mol. The first kappa shape index (κ1) is 21.2. The molecule has 0 aliphatic heterocycles. The van der Waals surface area contributed by atoms with Gasteiger partial charge in [0.1, 0.15) is 0 Å². The number of thioether (sulfide) groups is 1. The lowest BCUT2D eigenvalue weighted by Gasteiger charge is -2.37. The molecule has 0 spiro atoms. The van der Waals surface area contributed by atoms with Gasteiger partial charge < -0.3 is 9.16 Å². The van der Waals surface area contributed by atoms with E-state index in [1.165, 1.54) is 18.9 Å². The number of ketones is 1. The molecule has 0 aromatic heterocycles. The van der Waals surface area contributed by atoms with Gasteiger partial charge in [0.15, 0.2) is 14.1 Å². The number of allylic oxidation sites excluding steroid dienone is 2. The van der Waals surface area contributed by atoms with Crippen LogP contribution < -0.4 is 0 Å². The van der Waals surface area contributed by atoms with Gasteiger partial charge in [0.2, 0.25) is 0 Å². The number of hydrogen-bond acceptors (Lipinski definition) is 5. The van der Waals surface area contributed by atoms with Gasteiger partial charge in [-0.25, -0.2) is 0 Å². The molecular formula is C18H30O4SSi. The first-order valence-electron chi connectivity index (χ1n) is 8.34. The molecule has 0 bridgehead atoms. The summed E-state index contributed by atoms with van der Waals surface area (Å²) in [6, 6.07) is 0. The predicted octanol–water partition coefficient (Wildman–Crippen LogP) is 4.48. The van der Waals surface area contributed by atoms with Gasteiger partial charge in [-0.2, -0.15) is 0 Å². The van der Waals surface area contributed by atoms with Gasteiger partial charge in [-0.3, -0.25) is 9.59 Å². The second-order valence-electron chi connectivity index (χ2n) is 7.47. The van der Waals surface area contributed by atoms with E-state index in [1.54, 1.807) is 0 Å². The van der Waals surface area contributed by atoms with Crippen LogP contribution in [0.3, 0.4) is 0 Å². The van der Waals surface area contributed by atoms with Crippen LogP contribution >= 0.6 is 11.8 Å². The Morgan fingerprint density at radius 3 is 2.62 bits per heavy atom. The van der Waals surface area contributed by atoms with Crippen molar-refractivity contribution in [2.45, 2.75) is 64.3 Å². The van der Waals surface area contributed by atoms with Crippen LogP contribution in [0.2, 0.25) is 18.1 Å². The zero-order valence-electron chi connectivity index (χ0n) is 15.7. The number of rotatable bonds is 8. The zero-order chi connectivity index (χ0) is 18.4. The van der Waals surface area contributed by atoms with Crippen LogP contribution in [0.25, 0.3) is 0 Å². The molecule has 24 heavy (non-hydrogen) atoms.